The van der Waals surface area contributed by atoms with E-state index in [0.29, 0.717) is 6.42 Å². The fourth-order valence-corrected chi connectivity index (χ4v) is 1.64. The molecule has 7 nitrogen and oxygen atoms in total. The van der Waals surface area contributed by atoms with E-state index in [1.54, 1.807) is 20.8 Å². The first-order valence-corrected chi connectivity index (χ1v) is 7.44. The lowest BCUT2D eigenvalue weighted by Crippen LogP contribution is -2.51. The largest absolute Gasteiger partial charge is 0.469 e. The SMILES string of the molecule is CCC(C)[C@H](NC(=O)OC(C)(C)C)C(=O)NCCC(=O)OC. The number of hydrogen-bond acceptors (Lipinski definition) is 5. The van der Waals surface area contributed by atoms with Crippen molar-refractivity contribution in [1.82, 2.24) is 10.6 Å². The van der Waals surface area contributed by atoms with Crippen molar-refractivity contribution < 1.29 is 23.9 Å². The highest BCUT2D eigenvalue weighted by atomic mass is 16.6. The van der Waals surface area contributed by atoms with Gasteiger partial charge in [0.15, 0.2) is 0 Å². The minimum atomic E-state index is -0.711. The third kappa shape index (κ3) is 8.49. The lowest BCUT2D eigenvalue weighted by atomic mass is 9.98. The molecule has 0 bridgehead atoms. The molecule has 0 aliphatic carbocycles. The first kappa shape index (κ1) is 20.2. The van der Waals surface area contributed by atoms with E-state index in [0.717, 1.165) is 0 Å². The summed E-state index contributed by atoms with van der Waals surface area (Å²) in [7, 11) is 1.29. The monoisotopic (exact) mass is 316 g/mol. The number of amides is 2. The third-order valence-corrected chi connectivity index (χ3v) is 3.02. The molecule has 7 heteroatoms. The fraction of sp³-hybridized carbons (Fsp3) is 0.800. The Labute approximate surface area is 132 Å². The highest BCUT2D eigenvalue weighted by Gasteiger charge is 2.28. The third-order valence-electron chi connectivity index (χ3n) is 3.02. The van der Waals surface area contributed by atoms with Crippen molar-refractivity contribution >= 4 is 18.0 Å². The van der Waals surface area contributed by atoms with Crippen molar-refractivity contribution in [2.45, 2.75) is 59.1 Å². The molecule has 128 valence electrons. The Kier molecular flexibility index (Phi) is 8.52. The van der Waals surface area contributed by atoms with E-state index < -0.39 is 23.7 Å². The van der Waals surface area contributed by atoms with Crippen LogP contribution in [0.25, 0.3) is 0 Å². The van der Waals surface area contributed by atoms with E-state index in [1.165, 1.54) is 7.11 Å². The summed E-state index contributed by atoms with van der Waals surface area (Å²) in [6.07, 6.45) is 0.160. The van der Waals surface area contributed by atoms with Gasteiger partial charge in [0, 0.05) is 6.54 Å². The van der Waals surface area contributed by atoms with Gasteiger partial charge in [-0.25, -0.2) is 4.79 Å². The van der Waals surface area contributed by atoms with Gasteiger partial charge in [-0.3, -0.25) is 9.59 Å². The molecule has 0 rings (SSSR count). The van der Waals surface area contributed by atoms with Gasteiger partial charge in [0.1, 0.15) is 11.6 Å². The number of alkyl carbamates (subject to hydrolysis) is 1. The average molecular weight is 316 g/mol. The second-order valence-corrected chi connectivity index (χ2v) is 6.13. The molecule has 0 aromatic carbocycles. The minimum Gasteiger partial charge on any atom is -0.469 e. The normalized spacial score (nSPS) is 13.7. The smallest absolute Gasteiger partial charge is 0.408 e. The Hall–Kier alpha value is -1.79. The maximum Gasteiger partial charge on any atom is 0.408 e. The van der Waals surface area contributed by atoms with Crippen LogP contribution in [-0.2, 0) is 19.1 Å². The molecule has 2 N–H and O–H groups in total. The summed E-state index contributed by atoms with van der Waals surface area (Å²) in [4.78, 5) is 35.0. The van der Waals surface area contributed by atoms with Crippen LogP contribution in [-0.4, -0.2) is 43.3 Å². The van der Waals surface area contributed by atoms with E-state index >= 15 is 0 Å². The Balaban J connectivity index is 4.60. The molecule has 0 radical (unpaired) electrons. The van der Waals surface area contributed by atoms with Gasteiger partial charge in [-0.2, -0.15) is 0 Å². The van der Waals surface area contributed by atoms with Crippen molar-refractivity contribution in [1.29, 1.82) is 0 Å². The molecule has 0 heterocycles. The summed E-state index contributed by atoms with van der Waals surface area (Å²) in [6, 6.07) is -0.711. The number of rotatable bonds is 7. The molecule has 22 heavy (non-hydrogen) atoms. The van der Waals surface area contributed by atoms with Gasteiger partial charge >= 0.3 is 12.1 Å². The summed E-state index contributed by atoms with van der Waals surface area (Å²) < 4.78 is 9.67. The van der Waals surface area contributed by atoms with Crippen LogP contribution in [0.2, 0.25) is 0 Å². The lowest BCUT2D eigenvalue weighted by molar-refractivity contribution is -0.140. The maximum absolute atomic E-state index is 12.2. The number of methoxy groups -OCH3 is 1. The van der Waals surface area contributed by atoms with Crippen LogP contribution in [0.15, 0.2) is 0 Å². The predicted octanol–water partition coefficient (Wildman–Crippen LogP) is 1.61. The Morgan fingerprint density at radius 3 is 2.23 bits per heavy atom. The van der Waals surface area contributed by atoms with E-state index in [2.05, 4.69) is 15.4 Å². The first-order valence-electron chi connectivity index (χ1n) is 7.44. The quantitative estimate of drug-likeness (QED) is 0.696. The van der Waals surface area contributed by atoms with Crippen molar-refractivity contribution in [3.8, 4) is 0 Å². The molecule has 2 atom stereocenters. The molecule has 0 aliphatic heterocycles. The zero-order chi connectivity index (χ0) is 17.3. The number of nitrogens with one attached hydrogen (secondary N) is 2. The number of carbonyl (C=O) groups excluding carboxylic acids is 3. The van der Waals surface area contributed by atoms with Crippen molar-refractivity contribution in [3.05, 3.63) is 0 Å². The number of carbonyl (C=O) groups is 3. The van der Waals surface area contributed by atoms with E-state index in [-0.39, 0.29) is 24.8 Å². The maximum atomic E-state index is 12.2. The summed E-state index contributed by atoms with van der Waals surface area (Å²) in [6.45, 7) is 9.20. The number of esters is 1. The van der Waals surface area contributed by atoms with Gasteiger partial charge in [0.2, 0.25) is 5.91 Å². The Morgan fingerprint density at radius 2 is 1.77 bits per heavy atom. The topological polar surface area (TPSA) is 93.7 Å². The highest BCUT2D eigenvalue weighted by Crippen LogP contribution is 2.11. The molecule has 2 amide bonds. The predicted molar refractivity (Wildman–Crippen MR) is 82.3 cm³/mol. The lowest BCUT2D eigenvalue weighted by Gasteiger charge is -2.26. The highest BCUT2D eigenvalue weighted by molar-refractivity contribution is 5.86. The summed E-state index contributed by atoms with van der Waals surface area (Å²) in [5.41, 5.74) is -0.633. The average Bonchev–Trinajstić information content (AvgIpc) is 2.41. The van der Waals surface area contributed by atoms with Gasteiger partial charge in [-0.05, 0) is 26.7 Å². The molecule has 0 aromatic heterocycles. The first-order chi connectivity index (χ1) is 10.1. The van der Waals surface area contributed by atoms with Crippen molar-refractivity contribution in [3.63, 3.8) is 0 Å². The molecular formula is C15H28N2O5. The van der Waals surface area contributed by atoms with Crippen molar-refractivity contribution in [2.24, 2.45) is 5.92 Å². The van der Waals surface area contributed by atoms with Crippen molar-refractivity contribution in [2.75, 3.05) is 13.7 Å². The van der Waals surface area contributed by atoms with E-state index in [9.17, 15) is 14.4 Å². The number of ether oxygens (including phenoxy) is 2. The zero-order valence-corrected chi connectivity index (χ0v) is 14.3. The van der Waals surface area contributed by atoms with Gasteiger partial charge in [-0.1, -0.05) is 20.3 Å². The zero-order valence-electron chi connectivity index (χ0n) is 14.3. The molecule has 0 saturated carbocycles. The minimum absolute atomic E-state index is 0.0642. The van der Waals surface area contributed by atoms with E-state index in [4.69, 9.17) is 4.74 Å². The summed E-state index contributed by atoms with van der Waals surface area (Å²) >= 11 is 0. The van der Waals surface area contributed by atoms with Crippen LogP contribution in [0.4, 0.5) is 4.79 Å². The molecular weight excluding hydrogens is 288 g/mol. The van der Waals surface area contributed by atoms with Crippen LogP contribution >= 0.6 is 0 Å². The molecule has 0 spiro atoms. The molecule has 0 fully saturated rings. The molecule has 0 aliphatic rings. The number of hydrogen-bond donors (Lipinski definition) is 2. The summed E-state index contributed by atoms with van der Waals surface area (Å²) in [5, 5.41) is 5.21. The second kappa shape index (κ2) is 9.27. The van der Waals surface area contributed by atoms with Crippen LogP contribution in [0, 0.1) is 5.92 Å². The Morgan fingerprint density at radius 1 is 1.18 bits per heavy atom. The molecule has 0 saturated heterocycles. The second-order valence-electron chi connectivity index (χ2n) is 6.13. The molecule has 0 aromatic rings. The fourth-order valence-electron chi connectivity index (χ4n) is 1.64. The van der Waals surface area contributed by atoms with Gasteiger partial charge in [-0.15, -0.1) is 0 Å². The van der Waals surface area contributed by atoms with Crippen LogP contribution in [0.3, 0.4) is 0 Å². The van der Waals surface area contributed by atoms with E-state index in [1.807, 2.05) is 13.8 Å². The van der Waals surface area contributed by atoms with Gasteiger partial charge in [0.05, 0.1) is 13.5 Å². The summed E-state index contributed by atoms with van der Waals surface area (Å²) in [5.74, 6) is -0.810. The van der Waals surface area contributed by atoms with Crippen LogP contribution in [0.1, 0.15) is 47.5 Å². The van der Waals surface area contributed by atoms with Gasteiger partial charge < -0.3 is 20.1 Å². The van der Waals surface area contributed by atoms with Crippen LogP contribution in [0.5, 0.6) is 0 Å². The Bertz CT molecular complexity index is 390. The van der Waals surface area contributed by atoms with Crippen LogP contribution < -0.4 is 10.6 Å². The molecule has 1 unspecified atom stereocenters. The van der Waals surface area contributed by atoms with Gasteiger partial charge in [0.25, 0.3) is 0 Å². The standard InChI is InChI=1S/C15H28N2O5/c1-7-10(2)12(17-14(20)22-15(3,4)5)13(19)16-9-8-11(18)21-6/h10,12H,7-9H2,1-6H3,(H,16,19)(H,17,20)/t10?,12-/m0/s1.